The summed E-state index contributed by atoms with van der Waals surface area (Å²) in [6, 6.07) is 5.98. The zero-order valence-corrected chi connectivity index (χ0v) is 21.4. The Morgan fingerprint density at radius 2 is 1.46 bits per heavy atom. The number of hydrogen-bond donors (Lipinski definition) is 0. The number of alkyl halides is 3. The lowest BCUT2D eigenvalue weighted by atomic mass is 9.63. The van der Waals surface area contributed by atoms with Crippen LogP contribution in [-0.2, 0) is 0 Å². The Bertz CT molecular complexity index is 1030. The van der Waals surface area contributed by atoms with Crippen molar-refractivity contribution in [3.05, 3.63) is 53.3 Å². The maximum absolute atomic E-state index is 15.1. The van der Waals surface area contributed by atoms with Crippen molar-refractivity contribution in [1.29, 1.82) is 0 Å². The molecular weight excluding hydrogens is 490 g/mol. The summed E-state index contributed by atoms with van der Waals surface area (Å²) in [7, 11) is 0. The van der Waals surface area contributed by atoms with Gasteiger partial charge in [0, 0.05) is 5.56 Å². The van der Waals surface area contributed by atoms with Crippen LogP contribution >= 0.6 is 0 Å². The van der Waals surface area contributed by atoms with Gasteiger partial charge in [-0.15, -0.1) is 13.2 Å². The third-order valence-electron chi connectivity index (χ3n) is 8.43. The van der Waals surface area contributed by atoms with Crippen LogP contribution in [0.15, 0.2) is 30.3 Å². The fourth-order valence-electron chi connectivity index (χ4n) is 6.54. The van der Waals surface area contributed by atoms with Crippen molar-refractivity contribution in [3.63, 3.8) is 0 Å². The maximum atomic E-state index is 15.1. The molecule has 0 saturated heterocycles. The fourth-order valence-corrected chi connectivity index (χ4v) is 6.54. The molecule has 0 spiro atoms. The molecule has 0 bridgehead atoms. The second-order valence-corrected chi connectivity index (χ2v) is 11.0. The molecule has 4 rings (SSSR count). The highest BCUT2D eigenvalue weighted by Crippen LogP contribution is 2.48. The molecule has 0 radical (unpaired) electrons. The van der Waals surface area contributed by atoms with Crippen LogP contribution in [0.5, 0.6) is 5.75 Å². The normalized spacial score (nSPS) is 24.1. The Balaban J connectivity index is 1.37. The van der Waals surface area contributed by atoms with Gasteiger partial charge in [-0.25, -0.2) is 13.2 Å². The molecule has 204 valence electrons. The van der Waals surface area contributed by atoms with Gasteiger partial charge in [0.05, 0.1) is 0 Å². The van der Waals surface area contributed by atoms with E-state index in [-0.39, 0.29) is 17.0 Å². The monoisotopic (exact) mass is 526 g/mol. The molecule has 2 aliphatic carbocycles. The van der Waals surface area contributed by atoms with E-state index in [9.17, 15) is 22.0 Å². The number of rotatable bonds is 9. The van der Waals surface area contributed by atoms with E-state index in [4.69, 9.17) is 0 Å². The number of ether oxygens (including phenoxy) is 1. The lowest BCUT2D eigenvalue weighted by molar-refractivity contribution is -0.276. The first-order valence-corrected chi connectivity index (χ1v) is 13.7. The molecule has 0 heterocycles. The highest BCUT2D eigenvalue weighted by Gasteiger charge is 2.36. The Kier molecular flexibility index (Phi) is 9.12. The zero-order valence-electron chi connectivity index (χ0n) is 21.4. The molecule has 2 saturated carbocycles. The van der Waals surface area contributed by atoms with Gasteiger partial charge in [-0.05, 0) is 85.1 Å². The number of hydrogen-bond acceptors (Lipinski definition) is 1. The predicted octanol–water partition coefficient (Wildman–Crippen LogP) is 10.3. The van der Waals surface area contributed by atoms with E-state index in [1.807, 2.05) is 0 Å². The quantitative estimate of drug-likeness (QED) is 0.233. The molecule has 2 aromatic carbocycles. The van der Waals surface area contributed by atoms with Crippen molar-refractivity contribution in [1.82, 2.24) is 0 Å². The Morgan fingerprint density at radius 3 is 2.14 bits per heavy atom. The van der Waals surface area contributed by atoms with E-state index in [2.05, 4.69) is 11.7 Å². The topological polar surface area (TPSA) is 9.23 Å². The summed E-state index contributed by atoms with van der Waals surface area (Å²) in [5.74, 6) is -2.78. The first kappa shape index (κ1) is 27.8. The molecule has 0 aromatic heterocycles. The minimum absolute atomic E-state index is 0.0618. The molecule has 0 amide bonds. The average Bonchev–Trinajstić information content (AvgIpc) is 2.85. The Labute approximate surface area is 215 Å². The van der Waals surface area contributed by atoms with Crippen LogP contribution in [0.4, 0.5) is 26.3 Å². The zero-order chi connectivity index (χ0) is 26.6. The number of halogens is 6. The SMILES string of the molecule is CCCCCCCC1CCC2CC(c3ccc(-c4cc(F)c(OC(F)(F)F)c(F)c4)c(F)c3)CCC2C1. The van der Waals surface area contributed by atoms with Crippen molar-refractivity contribution in [3.8, 4) is 16.9 Å². The van der Waals surface area contributed by atoms with Crippen molar-refractivity contribution < 1.29 is 31.1 Å². The standard InChI is InChI=1S/C30H36F6O/c1-2-3-4-5-6-7-19-8-9-21-15-22(11-10-20(21)14-19)23-12-13-25(26(31)16-23)24-17-27(32)29(28(33)18-24)37-30(34,35)36/h12-13,16-22H,2-11,14-15H2,1H3. The summed E-state index contributed by atoms with van der Waals surface area (Å²) < 4.78 is 84.0. The third kappa shape index (κ3) is 7.23. The first-order valence-electron chi connectivity index (χ1n) is 13.7. The minimum Gasteiger partial charge on any atom is -0.399 e. The molecule has 4 atom stereocenters. The second kappa shape index (κ2) is 12.1. The van der Waals surface area contributed by atoms with E-state index < -0.39 is 29.6 Å². The van der Waals surface area contributed by atoms with Gasteiger partial charge in [0.1, 0.15) is 5.82 Å². The lowest BCUT2D eigenvalue weighted by Crippen LogP contribution is -2.30. The number of benzene rings is 2. The van der Waals surface area contributed by atoms with Gasteiger partial charge in [-0.2, -0.15) is 0 Å². The largest absolute Gasteiger partial charge is 0.573 e. The average molecular weight is 527 g/mol. The predicted molar refractivity (Wildman–Crippen MR) is 133 cm³/mol. The molecule has 0 N–H and O–H groups in total. The third-order valence-corrected chi connectivity index (χ3v) is 8.43. The van der Waals surface area contributed by atoms with E-state index >= 15 is 4.39 Å². The highest BCUT2D eigenvalue weighted by atomic mass is 19.4. The van der Waals surface area contributed by atoms with Gasteiger partial charge in [0.2, 0.25) is 5.75 Å². The molecule has 4 unspecified atom stereocenters. The first-order chi connectivity index (χ1) is 17.6. The van der Waals surface area contributed by atoms with Crippen LogP contribution < -0.4 is 4.74 Å². The molecule has 37 heavy (non-hydrogen) atoms. The van der Waals surface area contributed by atoms with Crippen LogP contribution in [0, 0.1) is 35.2 Å². The molecule has 7 heteroatoms. The summed E-state index contributed by atoms with van der Waals surface area (Å²) >= 11 is 0. The van der Waals surface area contributed by atoms with Gasteiger partial charge in [0.15, 0.2) is 11.6 Å². The minimum atomic E-state index is -5.23. The van der Waals surface area contributed by atoms with Crippen LogP contribution in [0.2, 0.25) is 0 Å². The smallest absolute Gasteiger partial charge is 0.399 e. The van der Waals surface area contributed by atoms with E-state index in [0.717, 1.165) is 36.7 Å². The van der Waals surface area contributed by atoms with Crippen molar-refractivity contribution >= 4 is 0 Å². The maximum Gasteiger partial charge on any atom is 0.573 e. The van der Waals surface area contributed by atoms with Crippen LogP contribution in [0.1, 0.15) is 95.5 Å². The van der Waals surface area contributed by atoms with Crippen LogP contribution in [0.3, 0.4) is 0 Å². The molecule has 2 aromatic rings. The Morgan fingerprint density at radius 1 is 0.784 bits per heavy atom. The summed E-state index contributed by atoms with van der Waals surface area (Å²) in [5, 5.41) is 0. The summed E-state index contributed by atoms with van der Waals surface area (Å²) in [5.41, 5.74) is 0.634. The number of unbranched alkanes of at least 4 members (excludes halogenated alkanes) is 4. The molecule has 0 aliphatic heterocycles. The van der Waals surface area contributed by atoms with E-state index in [0.29, 0.717) is 18.1 Å². The van der Waals surface area contributed by atoms with Crippen molar-refractivity contribution in [2.75, 3.05) is 0 Å². The van der Waals surface area contributed by atoms with Crippen LogP contribution in [-0.4, -0.2) is 6.36 Å². The summed E-state index contributed by atoms with van der Waals surface area (Å²) in [6.45, 7) is 2.24. The highest BCUT2D eigenvalue weighted by molar-refractivity contribution is 5.66. The van der Waals surface area contributed by atoms with Gasteiger partial charge in [-0.3, -0.25) is 0 Å². The number of fused-ring (bicyclic) bond motifs is 1. The molecular formula is C30H36F6O. The second-order valence-electron chi connectivity index (χ2n) is 11.0. The summed E-state index contributed by atoms with van der Waals surface area (Å²) in [6.07, 6.45) is 9.70. The Hall–Kier alpha value is -2.18. The lowest BCUT2D eigenvalue weighted by Gasteiger charge is -2.42. The van der Waals surface area contributed by atoms with Crippen molar-refractivity contribution in [2.24, 2.45) is 17.8 Å². The molecule has 1 nitrogen and oxygen atoms in total. The van der Waals surface area contributed by atoms with E-state index in [1.165, 1.54) is 69.9 Å². The summed E-state index contributed by atoms with van der Waals surface area (Å²) in [4.78, 5) is 0. The fraction of sp³-hybridized carbons (Fsp3) is 0.600. The van der Waals surface area contributed by atoms with Gasteiger partial charge < -0.3 is 4.74 Å². The molecule has 2 aliphatic rings. The van der Waals surface area contributed by atoms with Gasteiger partial charge >= 0.3 is 6.36 Å². The molecule has 2 fully saturated rings. The van der Waals surface area contributed by atoms with Crippen LogP contribution in [0.25, 0.3) is 11.1 Å². The van der Waals surface area contributed by atoms with Gasteiger partial charge in [-0.1, -0.05) is 64.0 Å². The van der Waals surface area contributed by atoms with E-state index in [1.54, 1.807) is 6.07 Å². The van der Waals surface area contributed by atoms with Gasteiger partial charge in [0.25, 0.3) is 0 Å². The van der Waals surface area contributed by atoms with Crippen molar-refractivity contribution in [2.45, 2.75) is 96.3 Å².